The maximum Gasteiger partial charge on any atom is 0.416 e. The highest BCUT2D eigenvalue weighted by Crippen LogP contribution is 2.48. The third kappa shape index (κ3) is 6.02. The van der Waals surface area contributed by atoms with E-state index in [0.29, 0.717) is 62.5 Å². The first-order valence-electron chi connectivity index (χ1n) is 16.4. The lowest BCUT2D eigenvalue weighted by atomic mass is 9.69. The zero-order chi connectivity index (χ0) is 35.3. The highest BCUT2D eigenvalue weighted by atomic mass is 35.5. The number of fused-ring (bicyclic) bond motifs is 2. The van der Waals surface area contributed by atoms with Gasteiger partial charge in [-0.15, -0.1) is 5.10 Å². The number of benzene rings is 1. The van der Waals surface area contributed by atoms with Crippen molar-refractivity contribution >= 4 is 40.5 Å². The molecule has 1 saturated carbocycles. The van der Waals surface area contributed by atoms with E-state index in [9.17, 15) is 32.7 Å². The molecule has 0 bridgehead atoms. The fraction of sp³-hybridized carbons (Fsp3) is 0.412. The zero-order valence-corrected chi connectivity index (χ0v) is 27.7. The molecule has 0 radical (unpaired) electrons. The van der Waals surface area contributed by atoms with Crippen LogP contribution in [0.5, 0.6) is 5.75 Å². The molecule has 7 rings (SSSR count). The van der Waals surface area contributed by atoms with Crippen LogP contribution in [0.4, 0.5) is 18.9 Å². The molecule has 4 aromatic rings. The molecule has 1 aliphatic heterocycles. The van der Waals surface area contributed by atoms with Crippen molar-refractivity contribution in [2.75, 3.05) is 25.1 Å². The first-order chi connectivity index (χ1) is 24.0. The maximum absolute atomic E-state index is 14.3. The molecule has 3 aromatic heterocycles. The first-order valence-corrected chi connectivity index (χ1v) is 16.7. The molecule has 262 valence electrons. The van der Waals surface area contributed by atoms with Gasteiger partial charge in [0.1, 0.15) is 12.3 Å². The van der Waals surface area contributed by atoms with E-state index in [1.807, 2.05) is 13.0 Å². The molecule has 1 fully saturated rings. The van der Waals surface area contributed by atoms with Gasteiger partial charge < -0.3 is 24.6 Å². The summed E-state index contributed by atoms with van der Waals surface area (Å²) in [6.07, 6.45) is 1.73. The van der Waals surface area contributed by atoms with Crippen LogP contribution in [0.2, 0.25) is 5.02 Å². The van der Waals surface area contributed by atoms with Crippen LogP contribution >= 0.6 is 11.6 Å². The number of amides is 2. The van der Waals surface area contributed by atoms with Crippen molar-refractivity contribution in [2.45, 2.75) is 63.7 Å². The number of ether oxygens (including phenoxy) is 1. The van der Waals surface area contributed by atoms with Crippen molar-refractivity contribution in [2.24, 2.45) is 5.92 Å². The topological polar surface area (TPSA) is 144 Å². The second-order valence-corrected chi connectivity index (χ2v) is 13.0. The summed E-state index contributed by atoms with van der Waals surface area (Å²) in [6.45, 7) is 2.75. The van der Waals surface area contributed by atoms with E-state index in [1.165, 1.54) is 16.8 Å². The number of rotatable bonds is 8. The van der Waals surface area contributed by atoms with Crippen LogP contribution in [0.1, 0.15) is 71.7 Å². The molecular formula is C34H33ClF3N7O5. The average Bonchev–Trinajstić information content (AvgIpc) is 3.72. The summed E-state index contributed by atoms with van der Waals surface area (Å²) in [5.41, 5.74) is 0.585. The molecule has 2 N–H and O–H groups in total. The Bertz CT molecular complexity index is 2100. The van der Waals surface area contributed by atoms with Gasteiger partial charge in [0.05, 0.1) is 29.5 Å². The van der Waals surface area contributed by atoms with Crippen LogP contribution in [0.3, 0.4) is 0 Å². The van der Waals surface area contributed by atoms with Gasteiger partial charge >= 0.3 is 6.18 Å². The number of hydrogen-bond donors (Lipinski definition) is 2. The van der Waals surface area contributed by atoms with Crippen LogP contribution in [-0.2, 0) is 28.7 Å². The number of pyridine rings is 1. The Labute approximate surface area is 288 Å². The van der Waals surface area contributed by atoms with Crippen molar-refractivity contribution in [1.29, 1.82) is 0 Å². The lowest BCUT2D eigenvalue weighted by Gasteiger charge is -2.46. The number of aromatic hydroxyl groups is 1. The van der Waals surface area contributed by atoms with Gasteiger partial charge in [-0.2, -0.15) is 22.7 Å². The Balaban J connectivity index is 1.25. The third-order valence-electron chi connectivity index (χ3n) is 9.87. The Hall–Kier alpha value is -4.76. The number of halogens is 4. The fourth-order valence-corrected chi connectivity index (χ4v) is 7.60. The van der Waals surface area contributed by atoms with Crippen LogP contribution in [0, 0.1) is 5.92 Å². The number of hydrogen-bond acceptors (Lipinski definition) is 8. The lowest BCUT2D eigenvalue weighted by molar-refractivity contribution is -0.137. The maximum atomic E-state index is 14.3. The number of aromatic nitrogens is 5. The van der Waals surface area contributed by atoms with Crippen molar-refractivity contribution in [1.82, 2.24) is 29.0 Å². The molecule has 3 unspecified atom stereocenters. The van der Waals surface area contributed by atoms with E-state index in [0.717, 1.165) is 30.2 Å². The SMILES string of the molecule is CCN(C(=O)c1ncccc1O)C1CCC1C1CCc2c1c(=O)n1nc(C3=CCOCC3)nc1n2CC(=O)Nc1ccc(C(F)(F)F)cc1Cl. The van der Waals surface area contributed by atoms with E-state index >= 15 is 0 Å². The van der Waals surface area contributed by atoms with Crippen molar-refractivity contribution < 1.29 is 32.6 Å². The largest absolute Gasteiger partial charge is 0.505 e. The normalized spacial score (nSPS) is 20.3. The Morgan fingerprint density at radius 3 is 2.66 bits per heavy atom. The predicted molar refractivity (Wildman–Crippen MR) is 176 cm³/mol. The predicted octanol–water partition coefficient (Wildman–Crippen LogP) is 5.08. The minimum atomic E-state index is -4.60. The van der Waals surface area contributed by atoms with E-state index in [4.69, 9.17) is 21.3 Å². The first kappa shape index (κ1) is 33.7. The smallest absolute Gasteiger partial charge is 0.416 e. The Morgan fingerprint density at radius 1 is 1.18 bits per heavy atom. The summed E-state index contributed by atoms with van der Waals surface area (Å²) < 4.78 is 47.9. The summed E-state index contributed by atoms with van der Waals surface area (Å²) in [7, 11) is 0. The van der Waals surface area contributed by atoms with Gasteiger partial charge in [0.15, 0.2) is 11.5 Å². The summed E-state index contributed by atoms with van der Waals surface area (Å²) in [5.74, 6) is -1.02. The van der Waals surface area contributed by atoms with Crippen LogP contribution < -0.4 is 10.9 Å². The Kier molecular flexibility index (Phi) is 8.89. The van der Waals surface area contributed by atoms with Gasteiger partial charge in [-0.05, 0) is 86.8 Å². The quantitative estimate of drug-likeness (QED) is 0.258. The van der Waals surface area contributed by atoms with Crippen LogP contribution in [0.25, 0.3) is 11.4 Å². The molecule has 0 spiro atoms. The van der Waals surface area contributed by atoms with Crippen molar-refractivity contribution in [3.63, 3.8) is 0 Å². The fourth-order valence-electron chi connectivity index (χ4n) is 7.37. The van der Waals surface area contributed by atoms with Gasteiger partial charge in [-0.25, -0.2) is 4.98 Å². The summed E-state index contributed by atoms with van der Waals surface area (Å²) in [6, 6.07) is 5.43. The number of nitrogens with one attached hydrogen (secondary N) is 1. The van der Waals surface area contributed by atoms with E-state index < -0.39 is 23.6 Å². The van der Waals surface area contributed by atoms with E-state index in [1.54, 1.807) is 15.5 Å². The van der Waals surface area contributed by atoms with Gasteiger partial charge in [-0.3, -0.25) is 14.4 Å². The molecule has 0 saturated heterocycles. The molecular weight excluding hydrogens is 679 g/mol. The summed E-state index contributed by atoms with van der Waals surface area (Å²) >= 11 is 6.13. The summed E-state index contributed by atoms with van der Waals surface area (Å²) in [5, 5.41) is 17.2. The molecule has 12 nitrogen and oxygen atoms in total. The molecule has 1 aromatic carbocycles. The molecule has 3 atom stereocenters. The van der Waals surface area contributed by atoms with Gasteiger partial charge in [0.2, 0.25) is 11.7 Å². The van der Waals surface area contributed by atoms with Crippen LogP contribution in [0.15, 0.2) is 47.4 Å². The second-order valence-electron chi connectivity index (χ2n) is 12.6. The molecule has 2 aliphatic carbocycles. The monoisotopic (exact) mass is 711 g/mol. The molecule has 50 heavy (non-hydrogen) atoms. The van der Waals surface area contributed by atoms with E-state index in [-0.39, 0.29) is 57.9 Å². The second kappa shape index (κ2) is 13.2. The number of carbonyl (C=O) groups excluding carboxylic acids is 2. The number of alkyl halides is 3. The summed E-state index contributed by atoms with van der Waals surface area (Å²) in [4.78, 5) is 51.8. The van der Waals surface area contributed by atoms with Crippen molar-refractivity contribution in [3.05, 3.63) is 86.3 Å². The molecule has 2 amide bonds. The number of carbonyl (C=O) groups is 2. The molecule has 3 aliphatic rings. The average molecular weight is 712 g/mol. The Morgan fingerprint density at radius 2 is 2.00 bits per heavy atom. The highest BCUT2D eigenvalue weighted by Gasteiger charge is 2.47. The minimum Gasteiger partial charge on any atom is -0.505 e. The van der Waals surface area contributed by atoms with Crippen LogP contribution in [-0.4, -0.2) is 71.8 Å². The van der Waals surface area contributed by atoms with Gasteiger partial charge in [0, 0.05) is 30.0 Å². The minimum absolute atomic E-state index is 0.00588. The zero-order valence-electron chi connectivity index (χ0n) is 26.9. The lowest BCUT2D eigenvalue weighted by Crippen LogP contribution is -2.52. The standard InChI is InChI=1S/C34H33ClF3N7O5/c1-2-43(32(49)29-26(46)4-3-13-39-29)24-9-6-20(24)21-7-10-25-28(21)31(48)45-33(41-30(42-45)18-11-14-50-15-12-18)44(25)17-27(47)40-23-8-5-19(16-22(23)35)34(36,37)38/h3-5,8,11,13,16,20-21,24,46H,2,6-7,9-10,12,14-15,17H2,1H3,(H,40,47). The molecule has 16 heteroatoms. The van der Waals surface area contributed by atoms with E-state index in [2.05, 4.69) is 15.4 Å². The molecule has 4 heterocycles. The highest BCUT2D eigenvalue weighted by molar-refractivity contribution is 6.33. The number of anilines is 1. The van der Waals surface area contributed by atoms with Gasteiger partial charge in [0.25, 0.3) is 11.5 Å². The number of nitrogens with zero attached hydrogens (tertiary/aromatic N) is 6. The third-order valence-corrected chi connectivity index (χ3v) is 10.2. The van der Waals surface area contributed by atoms with Gasteiger partial charge in [-0.1, -0.05) is 17.7 Å². The van der Waals surface area contributed by atoms with Crippen molar-refractivity contribution in [3.8, 4) is 5.75 Å².